The Morgan fingerprint density at radius 3 is 2.90 bits per heavy atom. The lowest BCUT2D eigenvalue weighted by atomic mass is 9.91. The summed E-state index contributed by atoms with van der Waals surface area (Å²) in [5, 5.41) is -0.0205. The van der Waals surface area contributed by atoms with Gasteiger partial charge in [0.25, 0.3) is 5.91 Å². The highest BCUT2D eigenvalue weighted by Crippen LogP contribution is 2.35. The van der Waals surface area contributed by atoms with Crippen LogP contribution >= 0.6 is 11.6 Å². The molecule has 116 valence electrons. The van der Waals surface area contributed by atoms with E-state index in [-0.39, 0.29) is 16.5 Å². The largest absolute Gasteiger partial charge is 0.382 e. The van der Waals surface area contributed by atoms with Gasteiger partial charge in [0.1, 0.15) is 5.82 Å². The lowest BCUT2D eigenvalue weighted by Gasteiger charge is -2.38. The summed E-state index contributed by atoms with van der Waals surface area (Å²) < 4.78 is 18.6. The number of hydrogen-bond donors (Lipinski definition) is 0. The van der Waals surface area contributed by atoms with E-state index in [9.17, 15) is 9.18 Å². The highest BCUT2D eigenvalue weighted by atomic mass is 35.5. The number of nitrogens with zero attached hydrogens (tertiary/aromatic N) is 1. The molecule has 0 saturated carbocycles. The van der Waals surface area contributed by atoms with Crippen molar-refractivity contribution >= 4 is 17.5 Å². The average molecular weight is 314 g/mol. The van der Waals surface area contributed by atoms with Gasteiger partial charge < -0.3 is 9.64 Å². The van der Waals surface area contributed by atoms with Crippen molar-refractivity contribution < 1.29 is 13.9 Å². The molecule has 0 N–H and O–H groups in total. The number of hydrogen-bond acceptors (Lipinski definition) is 2. The normalized spacial score (nSPS) is 21.8. The van der Waals surface area contributed by atoms with Gasteiger partial charge in [0.15, 0.2) is 0 Å². The molecule has 1 amide bonds. The lowest BCUT2D eigenvalue weighted by molar-refractivity contribution is 0.0254. The first kappa shape index (κ1) is 16.2. The van der Waals surface area contributed by atoms with Crippen molar-refractivity contribution in [2.75, 3.05) is 20.3 Å². The number of halogens is 2. The summed E-state index contributed by atoms with van der Waals surface area (Å²) in [4.78, 5) is 14.6. The first-order valence-corrected chi connectivity index (χ1v) is 7.68. The van der Waals surface area contributed by atoms with Gasteiger partial charge >= 0.3 is 0 Å². The van der Waals surface area contributed by atoms with E-state index in [1.165, 1.54) is 18.2 Å². The number of methoxy groups -OCH3 is 1. The predicted octanol–water partition coefficient (Wildman–Crippen LogP) is 3.90. The summed E-state index contributed by atoms with van der Waals surface area (Å²) in [5.41, 5.74) is 0.182. The molecule has 1 fully saturated rings. The van der Waals surface area contributed by atoms with Crippen LogP contribution in [0, 0.1) is 5.82 Å². The van der Waals surface area contributed by atoms with Gasteiger partial charge in [0.2, 0.25) is 0 Å². The molecule has 0 spiro atoms. The summed E-state index contributed by atoms with van der Waals surface area (Å²) in [6, 6.07) is 4.13. The molecule has 0 unspecified atom stereocenters. The first-order valence-electron chi connectivity index (χ1n) is 7.30. The Bertz CT molecular complexity index is 515. The lowest BCUT2D eigenvalue weighted by Crippen LogP contribution is -2.50. The van der Waals surface area contributed by atoms with Crippen molar-refractivity contribution in [3.8, 4) is 0 Å². The second-order valence-electron chi connectivity index (χ2n) is 5.60. The number of amides is 1. The zero-order valence-electron chi connectivity index (χ0n) is 12.5. The summed E-state index contributed by atoms with van der Waals surface area (Å²) in [7, 11) is 1.66. The van der Waals surface area contributed by atoms with Crippen LogP contribution in [-0.2, 0) is 4.74 Å². The van der Waals surface area contributed by atoms with E-state index in [1.54, 1.807) is 7.11 Å². The van der Waals surface area contributed by atoms with Crippen molar-refractivity contribution in [1.82, 2.24) is 4.90 Å². The van der Waals surface area contributed by atoms with E-state index < -0.39 is 5.82 Å². The average Bonchev–Trinajstić information content (AvgIpc) is 2.85. The van der Waals surface area contributed by atoms with E-state index in [0.29, 0.717) is 18.7 Å². The number of carbonyl (C=O) groups is 1. The maximum absolute atomic E-state index is 13.3. The quantitative estimate of drug-likeness (QED) is 0.825. The van der Waals surface area contributed by atoms with Crippen molar-refractivity contribution in [2.24, 2.45) is 0 Å². The van der Waals surface area contributed by atoms with Gasteiger partial charge in [-0.25, -0.2) is 4.39 Å². The minimum atomic E-state index is -0.508. The second-order valence-corrected chi connectivity index (χ2v) is 6.00. The second kappa shape index (κ2) is 6.75. The fraction of sp³-hybridized carbons (Fsp3) is 0.562. The summed E-state index contributed by atoms with van der Waals surface area (Å²) in [6.45, 7) is 3.34. The van der Waals surface area contributed by atoms with E-state index in [0.717, 1.165) is 25.7 Å². The molecule has 1 atom stereocenters. The third-order valence-electron chi connectivity index (χ3n) is 4.14. The van der Waals surface area contributed by atoms with Crippen molar-refractivity contribution in [1.29, 1.82) is 0 Å². The zero-order valence-corrected chi connectivity index (χ0v) is 13.3. The van der Waals surface area contributed by atoms with Crippen LogP contribution in [0.25, 0.3) is 0 Å². The standard InChI is InChI=1S/C16H21ClFNO2/c1-3-7-16(11-21-2)8-4-9-19(16)15(20)12-5-6-14(18)13(17)10-12/h5-6,10H,3-4,7-9,11H2,1-2H3/t16-/m0/s1. The van der Waals surface area contributed by atoms with Crippen LogP contribution < -0.4 is 0 Å². The van der Waals surface area contributed by atoms with Crippen LogP contribution in [0.15, 0.2) is 18.2 Å². The molecule has 1 aromatic carbocycles. The third-order valence-corrected chi connectivity index (χ3v) is 4.43. The minimum Gasteiger partial charge on any atom is -0.382 e. The van der Waals surface area contributed by atoms with E-state index in [1.807, 2.05) is 4.90 Å². The number of ether oxygens (including phenoxy) is 1. The van der Waals surface area contributed by atoms with E-state index in [4.69, 9.17) is 16.3 Å². The predicted molar refractivity (Wildman–Crippen MR) is 81.2 cm³/mol. The van der Waals surface area contributed by atoms with Crippen molar-refractivity contribution in [3.05, 3.63) is 34.6 Å². The smallest absolute Gasteiger partial charge is 0.254 e. The Morgan fingerprint density at radius 1 is 1.52 bits per heavy atom. The Balaban J connectivity index is 2.29. The van der Waals surface area contributed by atoms with Crippen LogP contribution in [-0.4, -0.2) is 36.6 Å². The fourth-order valence-corrected chi connectivity index (χ4v) is 3.44. The SMILES string of the molecule is CCC[C@@]1(COC)CCCN1C(=O)c1ccc(F)c(Cl)c1. The van der Waals surface area contributed by atoms with Crippen LogP contribution in [0.1, 0.15) is 43.0 Å². The van der Waals surface area contributed by atoms with Gasteiger partial charge in [0, 0.05) is 19.2 Å². The maximum atomic E-state index is 13.3. The van der Waals surface area contributed by atoms with Crippen LogP contribution in [0.4, 0.5) is 4.39 Å². The van der Waals surface area contributed by atoms with Crippen molar-refractivity contribution in [3.63, 3.8) is 0 Å². The molecule has 1 heterocycles. The summed E-state index contributed by atoms with van der Waals surface area (Å²) in [6.07, 6.45) is 3.79. The van der Waals surface area contributed by atoms with Crippen LogP contribution in [0.5, 0.6) is 0 Å². The van der Waals surface area contributed by atoms with E-state index >= 15 is 0 Å². The molecule has 5 heteroatoms. The Kier molecular flexibility index (Phi) is 5.22. The van der Waals surface area contributed by atoms with Crippen molar-refractivity contribution in [2.45, 2.75) is 38.1 Å². The van der Waals surface area contributed by atoms with Crippen LogP contribution in [0.3, 0.4) is 0 Å². The molecule has 1 aliphatic heterocycles. The van der Waals surface area contributed by atoms with Crippen LogP contribution in [0.2, 0.25) is 5.02 Å². The van der Waals surface area contributed by atoms with Gasteiger partial charge in [-0.3, -0.25) is 4.79 Å². The topological polar surface area (TPSA) is 29.5 Å². The number of rotatable bonds is 5. The number of carbonyl (C=O) groups excluding carboxylic acids is 1. The molecule has 2 rings (SSSR count). The number of benzene rings is 1. The fourth-order valence-electron chi connectivity index (χ4n) is 3.26. The molecule has 1 saturated heterocycles. The monoisotopic (exact) mass is 313 g/mol. The van der Waals surface area contributed by atoms with E-state index in [2.05, 4.69) is 6.92 Å². The molecule has 3 nitrogen and oxygen atoms in total. The maximum Gasteiger partial charge on any atom is 0.254 e. The molecule has 0 aromatic heterocycles. The van der Waals surface area contributed by atoms with Gasteiger partial charge in [-0.2, -0.15) is 0 Å². The molecular weight excluding hydrogens is 293 g/mol. The summed E-state index contributed by atoms with van der Waals surface area (Å²) in [5.74, 6) is -0.605. The highest BCUT2D eigenvalue weighted by molar-refractivity contribution is 6.31. The molecular formula is C16H21ClFNO2. The molecule has 0 aliphatic carbocycles. The molecule has 0 radical (unpaired) electrons. The minimum absolute atomic E-state index is 0.0205. The highest BCUT2D eigenvalue weighted by Gasteiger charge is 2.43. The zero-order chi connectivity index (χ0) is 15.5. The third kappa shape index (κ3) is 3.22. The molecule has 1 aromatic rings. The number of likely N-dealkylation sites (tertiary alicyclic amines) is 1. The molecule has 21 heavy (non-hydrogen) atoms. The Labute approximate surface area is 130 Å². The molecule has 0 bridgehead atoms. The molecule has 1 aliphatic rings. The van der Waals surface area contributed by atoms with Gasteiger partial charge in [-0.15, -0.1) is 0 Å². The van der Waals surface area contributed by atoms with Gasteiger partial charge in [-0.05, 0) is 37.5 Å². The van der Waals surface area contributed by atoms with Gasteiger partial charge in [0.05, 0.1) is 17.2 Å². The Hall–Kier alpha value is -1.13. The Morgan fingerprint density at radius 2 is 2.29 bits per heavy atom. The first-order chi connectivity index (χ1) is 10.0. The summed E-state index contributed by atoms with van der Waals surface area (Å²) >= 11 is 5.79. The van der Waals surface area contributed by atoms with Gasteiger partial charge in [-0.1, -0.05) is 24.9 Å².